The summed E-state index contributed by atoms with van der Waals surface area (Å²) < 4.78 is 5.79. The third-order valence-electron chi connectivity index (χ3n) is 3.17. The van der Waals surface area contributed by atoms with Crippen LogP contribution in [0.2, 0.25) is 0 Å². The monoisotopic (exact) mass is 216 g/mol. The Labute approximate surface area is 94.8 Å². The van der Waals surface area contributed by atoms with Crippen molar-refractivity contribution in [3.8, 4) is 0 Å². The molecule has 0 atom stereocenters. The Balaban J connectivity index is 1.86. The lowest BCUT2D eigenvalue weighted by Crippen LogP contribution is -2.17. The van der Waals surface area contributed by atoms with Crippen molar-refractivity contribution in [2.24, 2.45) is 0 Å². The lowest BCUT2D eigenvalue weighted by molar-refractivity contribution is 0.302. The van der Waals surface area contributed by atoms with E-state index >= 15 is 0 Å². The van der Waals surface area contributed by atoms with Crippen LogP contribution in [0.15, 0.2) is 28.7 Å². The summed E-state index contributed by atoms with van der Waals surface area (Å²) in [6, 6.07) is 7.89. The van der Waals surface area contributed by atoms with E-state index in [-0.39, 0.29) is 0 Å². The van der Waals surface area contributed by atoms with E-state index in [4.69, 9.17) is 10.2 Å². The molecule has 84 valence electrons. The Morgan fingerprint density at radius 3 is 2.81 bits per heavy atom. The summed E-state index contributed by atoms with van der Waals surface area (Å²) in [5.41, 5.74) is 7.47. The summed E-state index contributed by atoms with van der Waals surface area (Å²) >= 11 is 0. The highest BCUT2D eigenvalue weighted by molar-refractivity contribution is 5.81. The lowest BCUT2D eigenvalue weighted by atomic mass is 10.2. The molecule has 1 aliphatic rings. The number of hydrogen-bond acceptors (Lipinski definition) is 3. The van der Waals surface area contributed by atoms with Gasteiger partial charge in [-0.3, -0.25) is 4.90 Å². The molecule has 1 aromatic heterocycles. The van der Waals surface area contributed by atoms with Crippen LogP contribution in [0.1, 0.15) is 18.6 Å². The first kappa shape index (κ1) is 9.73. The van der Waals surface area contributed by atoms with Crippen LogP contribution in [0.5, 0.6) is 0 Å². The number of hydrogen-bond donors (Lipinski definition) is 1. The quantitative estimate of drug-likeness (QED) is 0.785. The van der Waals surface area contributed by atoms with Crippen LogP contribution in [-0.2, 0) is 6.54 Å². The van der Waals surface area contributed by atoms with Gasteiger partial charge in [0.2, 0.25) is 0 Å². The van der Waals surface area contributed by atoms with E-state index in [9.17, 15) is 0 Å². The van der Waals surface area contributed by atoms with E-state index in [2.05, 4.69) is 11.0 Å². The molecule has 1 fully saturated rings. The Hall–Kier alpha value is -1.48. The molecule has 0 saturated carbocycles. The van der Waals surface area contributed by atoms with Gasteiger partial charge < -0.3 is 10.2 Å². The Kier molecular flexibility index (Phi) is 2.33. The number of likely N-dealkylation sites (tertiary alicyclic amines) is 1. The van der Waals surface area contributed by atoms with Crippen molar-refractivity contribution >= 4 is 16.7 Å². The average molecular weight is 216 g/mol. The van der Waals surface area contributed by atoms with E-state index < -0.39 is 0 Å². The average Bonchev–Trinajstić information content (AvgIpc) is 2.86. The highest BCUT2D eigenvalue weighted by Crippen LogP contribution is 2.23. The molecule has 3 nitrogen and oxygen atoms in total. The third-order valence-corrected chi connectivity index (χ3v) is 3.17. The van der Waals surface area contributed by atoms with Crippen LogP contribution in [0.4, 0.5) is 5.69 Å². The summed E-state index contributed by atoms with van der Waals surface area (Å²) in [5.74, 6) is 1.04. The molecule has 3 heteroatoms. The topological polar surface area (TPSA) is 42.4 Å². The number of nitrogen functional groups attached to an aromatic ring is 1. The first-order valence-corrected chi connectivity index (χ1v) is 5.81. The number of fused-ring (bicyclic) bond motifs is 1. The van der Waals surface area contributed by atoms with Crippen molar-refractivity contribution in [1.29, 1.82) is 0 Å². The Bertz CT molecular complexity index is 498. The lowest BCUT2D eigenvalue weighted by Gasteiger charge is -2.11. The van der Waals surface area contributed by atoms with Gasteiger partial charge in [0, 0.05) is 11.1 Å². The van der Waals surface area contributed by atoms with Gasteiger partial charge in [0.05, 0.1) is 6.54 Å². The maximum absolute atomic E-state index is 5.79. The highest BCUT2D eigenvalue weighted by atomic mass is 16.3. The normalized spacial score (nSPS) is 17.2. The summed E-state index contributed by atoms with van der Waals surface area (Å²) in [7, 11) is 0. The van der Waals surface area contributed by atoms with Crippen molar-refractivity contribution in [2.45, 2.75) is 19.4 Å². The van der Waals surface area contributed by atoms with Crippen molar-refractivity contribution in [3.63, 3.8) is 0 Å². The zero-order valence-electron chi connectivity index (χ0n) is 9.28. The molecular formula is C13H16N2O. The molecule has 1 aliphatic heterocycles. The summed E-state index contributed by atoms with van der Waals surface area (Å²) in [6.07, 6.45) is 2.63. The second-order valence-corrected chi connectivity index (χ2v) is 4.49. The van der Waals surface area contributed by atoms with Crippen LogP contribution in [0, 0.1) is 0 Å². The van der Waals surface area contributed by atoms with Gasteiger partial charge in [0.25, 0.3) is 0 Å². The van der Waals surface area contributed by atoms with Gasteiger partial charge in [0.15, 0.2) is 0 Å². The van der Waals surface area contributed by atoms with E-state index in [1.165, 1.54) is 25.9 Å². The largest absolute Gasteiger partial charge is 0.460 e. The highest BCUT2D eigenvalue weighted by Gasteiger charge is 2.14. The van der Waals surface area contributed by atoms with Gasteiger partial charge >= 0.3 is 0 Å². The Morgan fingerprint density at radius 1 is 1.19 bits per heavy atom. The molecule has 1 saturated heterocycles. The molecule has 0 unspecified atom stereocenters. The summed E-state index contributed by atoms with van der Waals surface area (Å²) in [5, 5.41) is 1.11. The van der Waals surface area contributed by atoms with Crippen molar-refractivity contribution < 1.29 is 4.42 Å². The van der Waals surface area contributed by atoms with Crippen LogP contribution >= 0.6 is 0 Å². The molecule has 0 spiro atoms. The molecule has 2 aromatic rings. The van der Waals surface area contributed by atoms with Crippen LogP contribution in [0.3, 0.4) is 0 Å². The summed E-state index contributed by atoms with van der Waals surface area (Å²) in [6.45, 7) is 3.31. The molecule has 3 rings (SSSR count). The molecule has 1 aromatic carbocycles. The van der Waals surface area contributed by atoms with E-state index in [0.717, 1.165) is 29.0 Å². The summed E-state index contributed by atoms with van der Waals surface area (Å²) in [4.78, 5) is 2.43. The fourth-order valence-corrected chi connectivity index (χ4v) is 2.36. The molecule has 0 bridgehead atoms. The zero-order chi connectivity index (χ0) is 11.0. The molecule has 2 N–H and O–H groups in total. The predicted molar refractivity (Wildman–Crippen MR) is 65.1 cm³/mol. The van der Waals surface area contributed by atoms with Gasteiger partial charge in [-0.05, 0) is 50.2 Å². The number of nitrogens with zero attached hydrogens (tertiary/aromatic N) is 1. The fraction of sp³-hybridized carbons (Fsp3) is 0.385. The fourth-order valence-electron chi connectivity index (χ4n) is 2.36. The van der Waals surface area contributed by atoms with Crippen molar-refractivity contribution in [1.82, 2.24) is 4.90 Å². The molecule has 0 aliphatic carbocycles. The third kappa shape index (κ3) is 1.78. The van der Waals surface area contributed by atoms with E-state index in [0.29, 0.717) is 0 Å². The minimum atomic E-state index is 0.793. The second kappa shape index (κ2) is 3.83. The number of furan rings is 1. The van der Waals surface area contributed by atoms with Crippen molar-refractivity contribution in [3.05, 3.63) is 30.0 Å². The molecular weight excluding hydrogens is 200 g/mol. The van der Waals surface area contributed by atoms with Crippen LogP contribution < -0.4 is 5.73 Å². The smallest absolute Gasteiger partial charge is 0.134 e. The Morgan fingerprint density at radius 2 is 2.00 bits per heavy atom. The SMILES string of the molecule is Nc1ccc2oc(CN3CCCC3)cc2c1. The number of benzene rings is 1. The van der Waals surface area contributed by atoms with Gasteiger partial charge in [-0.25, -0.2) is 0 Å². The molecule has 16 heavy (non-hydrogen) atoms. The van der Waals surface area contributed by atoms with Crippen LogP contribution in [0.25, 0.3) is 11.0 Å². The van der Waals surface area contributed by atoms with Crippen LogP contribution in [-0.4, -0.2) is 18.0 Å². The molecule has 0 radical (unpaired) electrons. The standard InChI is InChI=1S/C13H16N2O/c14-11-3-4-13-10(7-11)8-12(16-13)9-15-5-1-2-6-15/h3-4,7-8H,1-2,5-6,9,14H2. The van der Waals surface area contributed by atoms with Gasteiger partial charge in [-0.2, -0.15) is 0 Å². The minimum Gasteiger partial charge on any atom is -0.460 e. The number of rotatable bonds is 2. The first-order valence-electron chi connectivity index (χ1n) is 5.81. The first-order chi connectivity index (χ1) is 7.81. The zero-order valence-corrected chi connectivity index (χ0v) is 9.28. The van der Waals surface area contributed by atoms with Gasteiger partial charge in [-0.15, -0.1) is 0 Å². The van der Waals surface area contributed by atoms with Gasteiger partial charge in [-0.1, -0.05) is 0 Å². The second-order valence-electron chi connectivity index (χ2n) is 4.49. The maximum Gasteiger partial charge on any atom is 0.134 e. The van der Waals surface area contributed by atoms with Gasteiger partial charge in [0.1, 0.15) is 11.3 Å². The van der Waals surface area contributed by atoms with Crippen molar-refractivity contribution in [2.75, 3.05) is 18.8 Å². The number of anilines is 1. The predicted octanol–water partition coefficient (Wildman–Crippen LogP) is 2.61. The molecule has 2 heterocycles. The maximum atomic E-state index is 5.79. The number of nitrogens with two attached hydrogens (primary N) is 1. The molecule has 0 amide bonds. The van der Waals surface area contributed by atoms with E-state index in [1.54, 1.807) is 0 Å². The minimum absolute atomic E-state index is 0.793. The van der Waals surface area contributed by atoms with E-state index in [1.807, 2.05) is 18.2 Å².